The van der Waals surface area contributed by atoms with E-state index in [1.165, 1.54) is 0 Å². The van der Waals surface area contributed by atoms with E-state index in [1.54, 1.807) is 12.1 Å². The minimum atomic E-state index is -0.711. The number of rotatable bonds is 7. The first kappa shape index (κ1) is 18.5. The molecule has 24 heavy (non-hydrogen) atoms. The molecule has 1 aliphatic rings. The molecule has 132 valence electrons. The molecule has 0 atom stereocenters. The fourth-order valence-corrected chi connectivity index (χ4v) is 3.02. The van der Waals surface area contributed by atoms with E-state index < -0.39 is 5.54 Å². The van der Waals surface area contributed by atoms with Crippen LogP contribution in [0, 0.1) is 0 Å². The molecule has 2 rings (SSSR count). The van der Waals surface area contributed by atoms with Gasteiger partial charge in [0.15, 0.2) is 0 Å². The van der Waals surface area contributed by atoms with Gasteiger partial charge >= 0.3 is 0 Å². The third-order valence-corrected chi connectivity index (χ3v) is 4.68. The van der Waals surface area contributed by atoms with Crippen LogP contribution in [0.25, 0.3) is 0 Å². The molecule has 0 radical (unpaired) electrons. The molecule has 0 aliphatic heterocycles. The van der Waals surface area contributed by atoms with E-state index in [2.05, 4.69) is 17.6 Å². The van der Waals surface area contributed by atoms with Crippen molar-refractivity contribution < 1.29 is 9.59 Å². The quantitative estimate of drug-likeness (QED) is 0.671. The molecular formula is C19H29N3O2. The Morgan fingerprint density at radius 3 is 2.38 bits per heavy atom. The highest BCUT2D eigenvalue weighted by atomic mass is 16.2. The highest BCUT2D eigenvalue weighted by molar-refractivity contribution is 5.94. The van der Waals surface area contributed by atoms with Crippen molar-refractivity contribution in [2.75, 3.05) is 6.54 Å². The fraction of sp³-hybridized carbons (Fsp3) is 0.579. The average Bonchev–Trinajstić information content (AvgIpc) is 2.61. The molecular weight excluding hydrogens is 302 g/mol. The van der Waals surface area contributed by atoms with E-state index in [-0.39, 0.29) is 11.8 Å². The van der Waals surface area contributed by atoms with Gasteiger partial charge in [-0.2, -0.15) is 0 Å². The van der Waals surface area contributed by atoms with E-state index in [4.69, 9.17) is 5.73 Å². The number of hydrogen-bond donors (Lipinski definition) is 3. The van der Waals surface area contributed by atoms with Crippen molar-refractivity contribution in [2.45, 2.75) is 64.0 Å². The molecule has 0 spiro atoms. The maximum absolute atomic E-state index is 12.3. The van der Waals surface area contributed by atoms with Gasteiger partial charge in [0.2, 0.25) is 5.91 Å². The molecule has 0 aromatic heterocycles. The average molecular weight is 331 g/mol. The lowest BCUT2D eigenvalue weighted by Gasteiger charge is -2.31. The van der Waals surface area contributed by atoms with Crippen LogP contribution >= 0.6 is 0 Å². The Balaban J connectivity index is 1.83. The first-order chi connectivity index (χ1) is 11.5. The van der Waals surface area contributed by atoms with Gasteiger partial charge < -0.3 is 16.4 Å². The number of carbonyl (C=O) groups is 2. The number of hydrogen-bond acceptors (Lipinski definition) is 3. The molecule has 2 amide bonds. The van der Waals surface area contributed by atoms with Crippen LogP contribution in [0.4, 0.5) is 0 Å². The third-order valence-electron chi connectivity index (χ3n) is 4.68. The number of nitrogens with one attached hydrogen (secondary N) is 2. The zero-order chi connectivity index (χ0) is 17.4. The Morgan fingerprint density at radius 2 is 1.75 bits per heavy atom. The smallest absolute Gasteiger partial charge is 0.251 e. The van der Waals surface area contributed by atoms with Gasteiger partial charge in [-0.15, -0.1) is 0 Å². The second-order valence-electron chi connectivity index (χ2n) is 6.71. The van der Waals surface area contributed by atoms with Crippen molar-refractivity contribution in [3.8, 4) is 0 Å². The largest absolute Gasteiger partial charge is 0.352 e. The number of benzene rings is 1. The van der Waals surface area contributed by atoms with E-state index in [9.17, 15) is 9.59 Å². The summed E-state index contributed by atoms with van der Waals surface area (Å²) in [5.74, 6) is -0.120. The molecule has 1 saturated carbocycles. The Hall–Kier alpha value is -1.88. The normalized spacial score (nSPS) is 16.4. The fourth-order valence-electron chi connectivity index (χ4n) is 3.02. The molecule has 1 aromatic carbocycles. The van der Waals surface area contributed by atoms with Gasteiger partial charge in [0.1, 0.15) is 0 Å². The Bertz CT molecular complexity index is 548. The molecule has 1 aliphatic carbocycles. The molecule has 0 unspecified atom stereocenters. The van der Waals surface area contributed by atoms with Crippen LogP contribution in [0.5, 0.6) is 0 Å². The predicted molar refractivity (Wildman–Crippen MR) is 95.5 cm³/mol. The lowest BCUT2D eigenvalue weighted by molar-refractivity contribution is -0.127. The monoisotopic (exact) mass is 331 g/mol. The number of carbonyl (C=O) groups excluding carboxylic acids is 2. The molecule has 1 fully saturated rings. The topological polar surface area (TPSA) is 84.2 Å². The van der Waals surface area contributed by atoms with Gasteiger partial charge in [-0.05, 0) is 37.0 Å². The van der Waals surface area contributed by atoms with Crippen molar-refractivity contribution in [3.05, 3.63) is 35.4 Å². The summed E-state index contributed by atoms with van der Waals surface area (Å²) in [5.41, 5.74) is 7.12. The van der Waals surface area contributed by atoms with Gasteiger partial charge in [0.25, 0.3) is 5.91 Å². The summed E-state index contributed by atoms with van der Waals surface area (Å²) in [7, 11) is 0. The zero-order valence-electron chi connectivity index (χ0n) is 14.6. The summed E-state index contributed by atoms with van der Waals surface area (Å²) in [5, 5.41) is 5.83. The van der Waals surface area contributed by atoms with E-state index in [0.717, 1.165) is 50.5 Å². The summed E-state index contributed by atoms with van der Waals surface area (Å²) in [4.78, 5) is 24.3. The number of amides is 2. The molecule has 1 aromatic rings. The highest BCUT2D eigenvalue weighted by Crippen LogP contribution is 2.26. The van der Waals surface area contributed by atoms with Crippen molar-refractivity contribution in [2.24, 2.45) is 5.73 Å². The second kappa shape index (κ2) is 8.83. The van der Waals surface area contributed by atoms with Gasteiger partial charge in [0.05, 0.1) is 5.54 Å². The van der Waals surface area contributed by atoms with Gasteiger partial charge in [-0.3, -0.25) is 9.59 Å². The molecule has 5 nitrogen and oxygen atoms in total. The van der Waals surface area contributed by atoms with Crippen LogP contribution in [0.1, 0.15) is 67.8 Å². The van der Waals surface area contributed by atoms with Gasteiger partial charge in [0, 0.05) is 18.7 Å². The molecule has 0 heterocycles. The lowest BCUT2D eigenvalue weighted by Crippen LogP contribution is -2.54. The first-order valence-electron chi connectivity index (χ1n) is 8.99. The minimum absolute atomic E-state index is 0.0536. The maximum atomic E-state index is 12.3. The highest BCUT2D eigenvalue weighted by Gasteiger charge is 2.34. The van der Waals surface area contributed by atoms with Crippen LogP contribution in [-0.4, -0.2) is 23.9 Å². The Kier molecular flexibility index (Phi) is 6.79. The second-order valence-corrected chi connectivity index (χ2v) is 6.71. The van der Waals surface area contributed by atoms with Crippen molar-refractivity contribution in [3.63, 3.8) is 0 Å². The molecule has 4 N–H and O–H groups in total. The van der Waals surface area contributed by atoms with Crippen molar-refractivity contribution in [1.82, 2.24) is 10.6 Å². The van der Waals surface area contributed by atoms with Crippen LogP contribution < -0.4 is 16.4 Å². The first-order valence-corrected chi connectivity index (χ1v) is 8.99. The summed E-state index contributed by atoms with van der Waals surface area (Å²) in [6.07, 6.45) is 6.76. The van der Waals surface area contributed by atoms with Crippen molar-refractivity contribution >= 4 is 11.8 Å². The standard InChI is InChI=1S/C19H29N3O2/c1-2-3-13-21-17(23)16-9-7-15(8-10-16)14-22-18(24)19(20)11-5-4-6-12-19/h7-10H,2-6,11-14,20H2,1H3,(H,21,23)(H,22,24). The van der Waals surface area contributed by atoms with Crippen LogP contribution in [-0.2, 0) is 11.3 Å². The zero-order valence-corrected chi connectivity index (χ0v) is 14.6. The SMILES string of the molecule is CCCCNC(=O)c1ccc(CNC(=O)C2(N)CCCCC2)cc1. The number of unbranched alkanes of at least 4 members (excludes halogenated alkanes) is 1. The van der Waals surface area contributed by atoms with Gasteiger partial charge in [-0.25, -0.2) is 0 Å². The third kappa shape index (κ3) is 5.06. The summed E-state index contributed by atoms with van der Waals surface area (Å²) in [6, 6.07) is 7.33. The van der Waals surface area contributed by atoms with Crippen LogP contribution in [0.15, 0.2) is 24.3 Å². The van der Waals surface area contributed by atoms with Crippen LogP contribution in [0.3, 0.4) is 0 Å². The maximum Gasteiger partial charge on any atom is 0.251 e. The van der Waals surface area contributed by atoms with Crippen molar-refractivity contribution in [1.29, 1.82) is 0 Å². The summed E-state index contributed by atoms with van der Waals surface area (Å²) in [6.45, 7) is 3.23. The predicted octanol–water partition coefficient (Wildman–Crippen LogP) is 2.49. The number of nitrogens with two attached hydrogens (primary N) is 1. The Morgan fingerprint density at radius 1 is 1.08 bits per heavy atom. The van der Waals surface area contributed by atoms with Gasteiger partial charge in [-0.1, -0.05) is 44.7 Å². The molecule has 0 bridgehead atoms. The van der Waals surface area contributed by atoms with E-state index >= 15 is 0 Å². The van der Waals surface area contributed by atoms with E-state index in [0.29, 0.717) is 18.7 Å². The van der Waals surface area contributed by atoms with E-state index in [1.807, 2.05) is 12.1 Å². The minimum Gasteiger partial charge on any atom is -0.352 e. The Labute approximate surface area is 144 Å². The summed E-state index contributed by atoms with van der Waals surface area (Å²) >= 11 is 0. The lowest BCUT2D eigenvalue weighted by atomic mass is 9.82. The summed E-state index contributed by atoms with van der Waals surface area (Å²) < 4.78 is 0. The molecule has 0 saturated heterocycles. The molecule has 5 heteroatoms. The van der Waals surface area contributed by atoms with Crippen LogP contribution in [0.2, 0.25) is 0 Å².